The lowest BCUT2D eigenvalue weighted by Crippen LogP contribution is -2.18. The molecule has 6 heteroatoms. The Morgan fingerprint density at radius 1 is 1.44 bits per heavy atom. The number of halogens is 1. The van der Waals surface area contributed by atoms with Gasteiger partial charge in [-0.1, -0.05) is 0 Å². The Bertz CT molecular complexity index is 514. The molecule has 0 atom stereocenters. The van der Waals surface area contributed by atoms with E-state index in [0.717, 1.165) is 29.1 Å². The third kappa shape index (κ3) is 3.51. The molecule has 2 rings (SSSR count). The number of thiophene rings is 1. The lowest BCUT2D eigenvalue weighted by molar-refractivity contribution is 0.776. The monoisotopic (exact) mass is 326 g/mol. The van der Waals surface area contributed by atoms with E-state index in [1.165, 1.54) is 4.88 Å². The van der Waals surface area contributed by atoms with Crippen molar-refractivity contribution in [2.45, 2.75) is 13.1 Å². The van der Waals surface area contributed by atoms with Crippen LogP contribution >= 0.6 is 27.3 Å². The van der Waals surface area contributed by atoms with Crippen LogP contribution in [-0.2, 0) is 13.1 Å². The number of anilines is 1. The van der Waals surface area contributed by atoms with Crippen LogP contribution < -0.4 is 10.2 Å². The van der Waals surface area contributed by atoms with Crippen LogP contribution in [0.1, 0.15) is 10.6 Å². The molecule has 96 valence electrons. The minimum atomic E-state index is 0.735. The molecule has 0 saturated heterocycles. The molecule has 0 fully saturated rings. The van der Waals surface area contributed by atoms with Crippen molar-refractivity contribution in [1.82, 2.24) is 15.3 Å². The molecule has 0 aliphatic rings. The predicted molar refractivity (Wildman–Crippen MR) is 78.9 cm³/mol. The summed E-state index contributed by atoms with van der Waals surface area (Å²) < 4.78 is 1.13. The molecule has 0 saturated carbocycles. The summed E-state index contributed by atoms with van der Waals surface area (Å²) in [4.78, 5) is 12.2. The Labute approximate surface area is 119 Å². The van der Waals surface area contributed by atoms with Crippen LogP contribution in [0, 0.1) is 0 Å². The first kappa shape index (κ1) is 13.5. The van der Waals surface area contributed by atoms with E-state index in [1.807, 2.05) is 14.1 Å². The highest BCUT2D eigenvalue weighted by Gasteiger charge is 2.06. The molecule has 0 aliphatic heterocycles. The second kappa shape index (κ2) is 6.26. The number of aromatic nitrogens is 2. The van der Waals surface area contributed by atoms with E-state index >= 15 is 0 Å². The van der Waals surface area contributed by atoms with Crippen molar-refractivity contribution in [3.63, 3.8) is 0 Å². The van der Waals surface area contributed by atoms with E-state index < -0.39 is 0 Å². The van der Waals surface area contributed by atoms with E-state index in [4.69, 9.17) is 0 Å². The summed E-state index contributed by atoms with van der Waals surface area (Å²) in [6, 6.07) is 2.13. The van der Waals surface area contributed by atoms with Gasteiger partial charge in [0.2, 0.25) is 0 Å². The van der Waals surface area contributed by atoms with Gasteiger partial charge in [-0.05, 0) is 29.0 Å². The summed E-state index contributed by atoms with van der Waals surface area (Å²) >= 11 is 5.20. The largest absolute Gasteiger partial charge is 0.353 e. The van der Waals surface area contributed by atoms with Crippen molar-refractivity contribution in [1.29, 1.82) is 0 Å². The fourth-order valence-corrected chi connectivity index (χ4v) is 3.10. The fraction of sp³-hybridized carbons (Fsp3) is 0.333. The molecule has 2 aromatic heterocycles. The van der Waals surface area contributed by atoms with Gasteiger partial charge in [-0.2, -0.15) is 0 Å². The highest BCUT2D eigenvalue weighted by molar-refractivity contribution is 9.10. The smallest absolute Gasteiger partial charge is 0.147 e. The standard InChI is InChI=1S/C12H15BrN4S/c1-14-4-10-5-15-6-12(16-10)17(2)7-11-3-9(13)8-18-11/h3,5-6,8,14H,4,7H2,1-2H3. The van der Waals surface area contributed by atoms with Gasteiger partial charge in [-0.25, -0.2) is 4.98 Å². The summed E-state index contributed by atoms with van der Waals surface area (Å²) in [7, 11) is 3.93. The third-order valence-electron chi connectivity index (χ3n) is 2.44. The SMILES string of the molecule is CNCc1cncc(N(C)Cc2cc(Br)cs2)n1. The molecule has 1 N–H and O–H groups in total. The van der Waals surface area contributed by atoms with Crippen molar-refractivity contribution in [2.24, 2.45) is 0 Å². The van der Waals surface area contributed by atoms with E-state index in [1.54, 1.807) is 23.7 Å². The molecule has 2 aromatic rings. The quantitative estimate of drug-likeness (QED) is 0.917. The number of nitrogens with one attached hydrogen (secondary N) is 1. The highest BCUT2D eigenvalue weighted by atomic mass is 79.9. The maximum atomic E-state index is 4.56. The molecule has 0 aliphatic carbocycles. The molecule has 0 unspecified atom stereocenters. The molecule has 4 nitrogen and oxygen atoms in total. The predicted octanol–water partition coefficient (Wildman–Crippen LogP) is 2.66. The Morgan fingerprint density at radius 3 is 2.94 bits per heavy atom. The summed E-state index contributed by atoms with van der Waals surface area (Å²) in [5, 5.41) is 5.17. The van der Waals surface area contributed by atoms with Crippen molar-refractivity contribution in [3.05, 3.63) is 38.9 Å². The van der Waals surface area contributed by atoms with Crippen LogP contribution in [0.25, 0.3) is 0 Å². The number of hydrogen-bond donors (Lipinski definition) is 1. The average molecular weight is 327 g/mol. The topological polar surface area (TPSA) is 41.1 Å². The second-order valence-corrected chi connectivity index (χ2v) is 5.90. The molecule has 2 heterocycles. The zero-order valence-electron chi connectivity index (χ0n) is 10.4. The molecule has 0 aromatic carbocycles. The molecule has 0 radical (unpaired) electrons. The molecule has 0 bridgehead atoms. The van der Waals surface area contributed by atoms with Gasteiger partial charge in [0.15, 0.2) is 0 Å². The van der Waals surface area contributed by atoms with Gasteiger partial charge in [-0.3, -0.25) is 4.98 Å². The Balaban J connectivity index is 2.08. The Kier molecular flexibility index (Phi) is 4.68. The van der Waals surface area contributed by atoms with Crippen LogP contribution in [-0.4, -0.2) is 24.1 Å². The molecular formula is C12H15BrN4S. The van der Waals surface area contributed by atoms with Crippen LogP contribution in [0.3, 0.4) is 0 Å². The van der Waals surface area contributed by atoms with Crippen molar-refractivity contribution >= 4 is 33.1 Å². The number of hydrogen-bond acceptors (Lipinski definition) is 5. The Hall–Kier alpha value is -0.980. The van der Waals surface area contributed by atoms with Gasteiger partial charge < -0.3 is 10.2 Å². The summed E-state index contributed by atoms with van der Waals surface area (Å²) in [5.74, 6) is 0.896. The van der Waals surface area contributed by atoms with Crippen LogP contribution in [0.15, 0.2) is 28.3 Å². The number of nitrogens with zero attached hydrogens (tertiary/aromatic N) is 3. The van der Waals surface area contributed by atoms with Crippen LogP contribution in [0.5, 0.6) is 0 Å². The van der Waals surface area contributed by atoms with E-state index in [2.05, 4.69) is 47.6 Å². The molecular weight excluding hydrogens is 312 g/mol. The average Bonchev–Trinajstić information content (AvgIpc) is 2.75. The fourth-order valence-electron chi connectivity index (χ4n) is 1.60. The second-order valence-electron chi connectivity index (χ2n) is 3.99. The normalized spacial score (nSPS) is 10.6. The van der Waals surface area contributed by atoms with Gasteiger partial charge in [-0.15, -0.1) is 11.3 Å². The van der Waals surface area contributed by atoms with Crippen LogP contribution in [0.4, 0.5) is 5.82 Å². The maximum absolute atomic E-state index is 4.56. The van der Waals surface area contributed by atoms with Gasteiger partial charge in [0, 0.05) is 34.5 Å². The zero-order valence-corrected chi connectivity index (χ0v) is 12.8. The lowest BCUT2D eigenvalue weighted by atomic mass is 10.4. The third-order valence-corrected chi connectivity index (χ3v) is 4.12. The first-order chi connectivity index (χ1) is 8.69. The van der Waals surface area contributed by atoms with Crippen molar-refractivity contribution in [2.75, 3.05) is 19.0 Å². The summed E-state index contributed by atoms with van der Waals surface area (Å²) in [6.45, 7) is 1.58. The van der Waals surface area contributed by atoms with Gasteiger partial charge in [0.1, 0.15) is 5.82 Å². The van der Waals surface area contributed by atoms with Gasteiger partial charge in [0.25, 0.3) is 0 Å². The summed E-state index contributed by atoms with van der Waals surface area (Å²) in [5.41, 5.74) is 0.953. The first-order valence-electron chi connectivity index (χ1n) is 5.58. The first-order valence-corrected chi connectivity index (χ1v) is 7.26. The highest BCUT2D eigenvalue weighted by Crippen LogP contribution is 2.22. The maximum Gasteiger partial charge on any atom is 0.147 e. The van der Waals surface area contributed by atoms with Crippen LogP contribution in [0.2, 0.25) is 0 Å². The van der Waals surface area contributed by atoms with Crippen molar-refractivity contribution < 1.29 is 0 Å². The summed E-state index contributed by atoms with van der Waals surface area (Å²) in [6.07, 6.45) is 3.58. The van der Waals surface area contributed by atoms with Gasteiger partial charge in [0.05, 0.1) is 18.4 Å². The molecule has 0 spiro atoms. The molecule has 18 heavy (non-hydrogen) atoms. The van der Waals surface area contributed by atoms with E-state index in [0.29, 0.717) is 0 Å². The minimum Gasteiger partial charge on any atom is -0.353 e. The Morgan fingerprint density at radius 2 is 2.28 bits per heavy atom. The minimum absolute atomic E-state index is 0.735. The number of rotatable bonds is 5. The zero-order chi connectivity index (χ0) is 13.0. The molecule has 0 amide bonds. The van der Waals surface area contributed by atoms with E-state index in [-0.39, 0.29) is 0 Å². The van der Waals surface area contributed by atoms with Gasteiger partial charge >= 0.3 is 0 Å². The van der Waals surface area contributed by atoms with E-state index in [9.17, 15) is 0 Å². The van der Waals surface area contributed by atoms with Crippen molar-refractivity contribution in [3.8, 4) is 0 Å². The lowest BCUT2D eigenvalue weighted by Gasteiger charge is -2.17.